The molecule has 0 N–H and O–H groups in total. The number of ether oxygens (including phenoxy) is 1. The minimum atomic E-state index is -0.437. The minimum Gasteiger partial charge on any atom is -0.438 e. The summed E-state index contributed by atoms with van der Waals surface area (Å²) in [7, 11) is 0. The van der Waals surface area contributed by atoms with Crippen LogP contribution in [0, 0.1) is 0 Å². The molecule has 4 aromatic rings. The van der Waals surface area contributed by atoms with Crippen LogP contribution in [0.25, 0.3) is 16.6 Å². The Morgan fingerprint density at radius 1 is 0.926 bits per heavy atom. The average Bonchev–Trinajstić information content (AvgIpc) is 2.65. The summed E-state index contributed by atoms with van der Waals surface area (Å²) in [5.74, 6) is 0.986. The first-order valence-electron chi connectivity index (χ1n) is 7.79. The standard InChI is InChI=1S/C19H10BrCl2N3O2/c20-11-4-6-12(7-5-11)27-16-9-8-15-18(19(26)23-10-25(15)24-16)17-13(21)2-1-3-14(17)22/h1-10H. The van der Waals surface area contributed by atoms with E-state index >= 15 is 0 Å². The lowest BCUT2D eigenvalue weighted by Gasteiger charge is -2.11. The van der Waals surface area contributed by atoms with E-state index in [2.05, 4.69) is 26.0 Å². The monoisotopic (exact) mass is 461 g/mol. The summed E-state index contributed by atoms with van der Waals surface area (Å²) in [4.78, 5) is 16.3. The third kappa shape index (κ3) is 3.56. The number of halogens is 3. The average molecular weight is 463 g/mol. The number of hydrogen-bond acceptors (Lipinski definition) is 4. The summed E-state index contributed by atoms with van der Waals surface area (Å²) in [6.45, 7) is 0. The molecule has 0 bridgehead atoms. The fraction of sp³-hybridized carbons (Fsp3) is 0. The van der Waals surface area contributed by atoms with Crippen molar-refractivity contribution in [1.29, 1.82) is 0 Å². The Balaban J connectivity index is 1.84. The lowest BCUT2D eigenvalue weighted by atomic mass is 10.1. The van der Waals surface area contributed by atoms with Gasteiger partial charge in [0.05, 0.1) is 21.1 Å². The zero-order valence-electron chi connectivity index (χ0n) is 13.6. The van der Waals surface area contributed by atoms with E-state index in [1.54, 1.807) is 30.3 Å². The van der Waals surface area contributed by atoms with E-state index in [4.69, 9.17) is 27.9 Å². The van der Waals surface area contributed by atoms with Crippen LogP contribution in [-0.4, -0.2) is 14.6 Å². The van der Waals surface area contributed by atoms with E-state index in [1.165, 1.54) is 10.8 Å². The number of rotatable bonds is 3. The quantitative estimate of drug-likeness (QED) is 0.396. The van der Waals surface area contributed by atoms with Gasteiger partial charge in [-0.1, -0.05) is 45.2 Å². The van der Waals surface area contributed by atoms with Crippen molar-refractivity contribution < 1.29 is 4.74 Å². The number of benzene rings is 2. The van der Waals surface area contributed by atoms with Gasteiger partial charge in [-0.15, -0.1) is 5.10 Å². The third-order valence-electron chi connectivity index (χ3n) is 3.84. The Labute approximate surface area is 172 Å². The van der Waals surface area contributed by atoms with Crippen LogP contribution in [0.4, 0.5) is 0 Å². The first-order valence-corrected chi connectivity index (χ1v) is 9.34. The number of fused-ring (bicyclic) bond motifs is 1. The summed E-state index contributed by atoms with van der Waals surface area (Å²) in [5, 5.41) is 5.11. The fourth-order valence-electron chi connectivity index (χ4n) is 2.64. The van der Waals surface area contributed by atoms with Crippen molar-refractivity contribution in [2.24, 2.45) is 0 Å². The molecule has 0 spiro atoms. The van der Waals surface area contributed by atoms with Crippen molar-refractivity contribution in [3.05, 3.63) is 85.8 Å². The van der Waals surface area contributed by atoms with Gasteiger partial charge in [0.15, 0.2) is 0 Å². The third-order valence-corrected chi connectivity index (χ3v) is 5.00. The summed E-state index contributed by atoms with van der Waals surface area (Å²) in [6.07, 6.45) is 1.33. The maximum Gasteiger partial charge on any atom is 0.281 e. The smallest absolute Gasteiger partial charge is 0.281 e. The van der Waals surface area contributed by atoms with Gasteiger partial charge in [-0.05, 0) is 42.5 Å². The van der Waals surface area contributed by atoms with Crippen molar-refractivity contribution in [3.63, 3.8) is 0 Å². The lowest BCUT2D eigenvalue weighted by molar-refractivity contribution is 0.452. The second-order valence-electron chi connectivity index (χ2n) is 5.58. The van der Waals surface area contributed by atoms with Crippen LogP contribution >= 0.6 is 39.1 Å². The molecule has 0 aliphatic carbocycles. The Kier molecular flexibility index (Phi) is 4.86. The molecular weight excluding hydrogens is 453 g/mol. The van der Waals surface area contributed by atoms with Crippen molar-refractivity contribution in [3.8, 4) is 22.8 Å². The van der Waals surface area contributed by atoms with Crippen LogP contribution in [0.1, 0.15) is 0 Å². The highest BCUT2D eigenvalue weighted by molar-refractivity contribution is 9.10. The van der Waals surface area contributed by atoms with E-state index in [0.29, 0.717) is 32.8 Å². The number of nitrogens with zero attached hydrogens (tertiary/aromatic N) is 3. The summed E-state index contributed by atoms with van der Waals surface area (Å²) in [6, 6.07) is 15.8. The summed E-state index contributed by atoms with van der Waals surface area (Å²) < 4.78 is 8.17. The van der Waals surface area contributed by atoms with E-state index in [0.717, 1.165) is 4.47 Å². The van der Waals surface area contributed by atoms with Gasteiger partial charge in [-0.2, -0.15) is 4.98 Å². The zero-order chi connectivity index (χ0) is 19.0. The van der Waals surface area contributed by atoms with Crippen molar-refractivity contribution >= 4 is 44.6 Å². The van der Waals surface area contributed by atoms with Gasteiger partial charge in [0.25, 0.3) is 5.56 Å². The molecule has 0 atom stereocenters. The van der Waals surface area contributed by atoms with Crippen LogP contribution in [0.3, 0.4) is 0 Å². The molecule has 2 heterocycles. The first kappa shape index (κ1) is 18.0. The molecule has 0 unspecified atom stereocenters. The molecule has 0 fully saturated rings. The normalized spacial score (nSPS) is 10.9. The van der Waals surface area contributed by atoms with Crippen LogP contribution in [0.2, 0.25) is 10.0 Å². The second-order valence-corrected chi connectivity index (χ2v) is 7.31. The van der Waals surface area contributed by atoms with Crippen molar-refractivity contribution in [1.82, 2.24) is 14.6 Å². The Morgan fingerprint density at radius 2 is 1.63 bits per heavy atom. The van der Waals surface area contributed by atoms with E-state index in [9.17, 15) is 4.79 Å². The lowest BCUT2D eigenvalue weighted by Crippen LogP contribution is -2.14. The Hall–Kier alpha value is -2.41. The van der Waals surface area contributed by atoms with Crippen LogP contribution < -0.4 is 10.3 Å². The highest BCUT2D eigenvalue weighted by Gasteiger charge is 2.17. The molecule has 27 heavy (non-hydrogen) atoms. The molecule has 0 saturated carbocycles. The molecule has 0 radical (unpaired) electrons. The van der Waals surface area contributed by atoms with Crippen LogP contribution in [0.15, 0.2) is 70.2 Å². The van der Waals surface area contributed by atoms with Gasteiger partial charge in [0, 0.05) is 16.1 Å². The van der Waals surface area contributed by atoms with Gasteiger partial charge in [-0.25, -0.2) is 4.52 Å². The van der Waals surface area contributed by atoms with Crippen LogP contribution in [0.5, 0.6) is 11.6 Å². The molecule has 2 aromatic heterocycles. The van der Waals surface area contributed by atoms with Crippen molar-refractivity contribution in [2.75, 3.05) is 0 Å². The highest BCUT2D eigenvalue weighted by atomic mass is 79.9. The topological polar surface area (TPSA) is 56.5 Å². The first-order chi connectivity index (χ1) is 13.0. The fourth-order valence-corrected chi connectivity index (χ4v) is 3.49. The summed E-state index contributed by atoms with van der Waals surface area (Å²) >= 11 is 15.9. The Bertz CT molecular complexity index is 1190. The molecule has 0 aliphatic heterocycles. The van der Waals surface area contributed by atoms with Gasteiger partial charge in [-0.3, -0.25) is 4.79 Å². The maximum absolute atomic E-state index is 12.4. The molecule has 5 nitrogen and oxygen atoms in total. The molecular formula is C19H10BrCl2N3O2. The second kappa shape index (κ2) is 7.31. The molecule has 0 aliphatic rings. The van der Waals surface area contributed by atoms with Crippen molar-refractivity contribution in [2.45, 2.75) is 0 Å². The Morgan fingerprint density at radius 3 is 2.33 bits per heavy atom. The molecule has 8 heteroatoms. The minimum absolute atomic E-state index is 0.288. The highest BCUT2D eigenvalue weighted by Crippen LogP contribution is 2.35. The van der Waals surface area contributed by atoms with E-state index in [1.807, 2.05) is 24.3 Å². The zero-order valence-corrected chi connectivity index (χ0v) is 16.7. The predicted octanol–water partition coefficient (Wildman–Crippen LogP) is 5.62. The molecule has 0 amide bonds. The SMILES string of the molecule is O=c1ncn2nc(Oc3ccc(Br)cc3)ccc2c1-c1c(Cl)cccc1Cl. The largest absolute Gasteiger partial charge is 0.438 e. The number of aromatic nitrogens is 3. The van der Waals surface area contributed by atoms with Gasteiger partial charge in [0.1, 0.15) is 12.1 Å². The van der Waals surface area contributed by atoms with Gasteiger partial charge < -0.3 is 4.74 Å². The van der Waals surface area contributed by atoms with Crippen LogP contribution in [-0.2, 0) is 0 Å². The molecule has 134 valence electrons. The maximum atomic E-state index is 12.4. The molecule has 0 saturated heterocycles. The number of hydrogen-bond donors (Lipinski definition) is 0. The predicted molar refractivity (Wildman–Crippen MR) is 109 cm³/mol. The van der Waals surface area contributed by atoms with Gasteiger partial charge >= 0.3 is 0 Å². The summed E-state index contributed by atoms with van der Waals surface area (Å²) in [5.41, 5.74) is 0.803. The van der Waals surface area contributed by atoms with E-state index < -0.39 is 5.56 Å². The molecule has 4 rings (SSSR count). The van der Waals surface area contributed by atoms with Gasteiger partial charge in [0.2, 0.25) is 5.88 Å². The van der Waals surface area contributed by atoms with E-state index in [-0.39, 0.29) is 5.56 Å². The molecule has 2 aromatic carbocycles.